The summed E-state index contributed by atoms with van der Waals surface area (Å²) in [4.78, 5) is 16.1. The molecule has 0 bridgehead atoms. The van der Waals surface area contributed by atoms with Gasteiger partial charge >= 0.3 is 0 Å². The molecule has 0 spiro atoms. The summed E-state index contributed by atoms with van der Waals surface area (Å²) in [6.07, 6.45) is 5.14. The van der Waals surface area contributed by atoms with Gasteiger partial charge in [-0.25, -0.2) is 5.01 Å². The first-order valence-corrected chi connectivity index (χ1v) is 6.45. The molecule has 0 aromatic heterocycles. The van der Waals surface area contributed by atoms with Crippen LogP contribution in [0.15, 0.2) is 23.2 Å². The van der Waals surface area contributed by atoms with E-state index in [4.69, 9.17) is 0 Å². The Kier molecular flexibility index (Phi) is 2.78. The SMILES string of the molecule is CC(=O)N(c1cccc2c1CCC2)N1C=NCC1. The van der Waals surface area contributed by atoms with Crippen LogP contribution in [0.5, 0.6) is 0 Å². The lowest BCUT2D eigenvalue weighted by Crippen LogP contribution is -2.44. The summed E-state index contributed by atoms with van der Waals surface area (Å²) >= 11 is 0. The lowest BCUT2D eigenvalue weighted by molar-refractivity contribution is -0.118. The molecule has 18 heavy (non-hydrogen) atoms. The molecule has 0 fully saturated rings. The molecule has 4 heteroatoms. The molecule has 3 rings (SSSR count). The van der Waals surface area contributed by atoms with Gasteiger partial charge in [-0.05, 0) is 36.5 Å². The van der Waals surface area contributed by atoms with Gasteiger partial charge in [-0.2, -0.15) is 0 Å². The number of anilines is 1. The number of hydrazine groups is 1. The molecule has 0 N–H and O–H groups in total. The second-order valence-electron chi connectivity index (χ2n) is 4.78. The molecule has 0 saturated heterocycles. The molecule has 1 aliphatic carbocycles. The minimum atomic E-state index is 0.0450. The number of nitrogens with zero attached hydrogens (tertiary/aromatic N) is 3. The fraction of sp³-hybridized carbons (Fsp3) is 0.429. The molecule has 1 aromatic rings. The summed E-state index contributed by atoms with van der Waals surface area (Å²) in [6.45, 7) is 3.16. The van der Waals surface area contributed by atoms with Crippen molar-refractivity contribution in [3.05, 3.63) is 29.3 Å². The number of aryl methyl sites for hydroxylation is 1. The van der Waals surface area contributed by atoms with Crippen molar-refractivity contribution in [1.29, 1.82) is 0 Å². The highest BCUT2D eigenvalue weighted by Gasteiger charge is 2.25. The van der Waals surface area contributed by atoms with E-state index in [0.29, 0.717) is 0 Å². The molecular formula is C14H17N3O. The van der Waals surface area contributed by atoms with Crippen LogP contribution in [-0.2, 0) is 17.6 Å². The zero-order valence-electron chi connectivity index (χ0n) is 10.6. The normalized spacial score (nSPS) is 17.1. The minimum absolute atomic E-state index is 0.0450. The van der Waals surface area contributed by atoms with Crippen molar-refractivity contribution in [2.75, 3.05) is 18.1 Å². The van der Waals surface area contributed by atoms with Crippen LogP contribution < -0.4 is 5.01 Å². The maximum absolute atomic E-state index is 12.0. The molecule has 0 unspecified atom stereocenters. The number of fused-ring (bicyclic) bond motifs is 1. The van der Waals surface area contributed by atoms with Gasteiger partial charge in [0.15, 0.2) is 0 Å². The van der Waals surface area contributed by atoms with E-state index in [2.05, 4.69) is 11.1 Å². The monoisotopic (exact) mass is 243 g/mol. The topological polar surface area (TPSA) is 35.9 Å². The first kappa shape index (κ1) is 11.3. The van der Waals surface area contributed by atoms with Gasteiger partial charge in [-0.3, -0.25) is 14.8 Å². The van der Waals surface area contributed by atoms with Gasteiger partial charge in [-0.1, -0.05) is 12.1 Å². The molecule has 0 saturated carbocycles. The standard InChI is InChI=1S/C14H17N3O/c1-11(18)17(16-9-8-15-10-16)14-7-3-5-12-4-2-6-13(12)14/h3,5,7,10H,2,4,6,8-9H2,1H3. The van der Waals surface area contributed by atoms with E-state index < -0.39 is 0 Å². The Labute approximate surface area is 107 Å². The molecule has 1 aliphatic heterocycles. The van der Waals surface area contributed by atoms with Crippen LogP contribution in [0.3, 0.4) is 0 Å². The highest BCUT2D eigenvalue weighted by molar-refractivity contribution is 5.94. The Morgan fingerprint density at radius 3 is 3.00 bits per heavy atom. The van der Waals surface area contributed by atoms with Crippen molar-refractivity contribution in [2.45, 2.75) is 26.2 Å². The second kappa shape index (κ2) is 4.44. The second-order valence-corrected chi connectivity index (χ2v) is 4.78. The molecule has 1 heterocycles. The fourth-order valence-electron chi connectivity index (χ4n) is 2.81. The van der Waals surface area contributed by atoms with Crippen LogP contribution in [-0.4, -0.2) is 30.3 Å². The average molecular weight is 243 g/mol. The Bertz CT molecular complexity index is 510. The van der Waals surface area contributed by atoms with Crippen molar-refractivity contribution >= 4 is 17.9 Å². The number of hydrogen-bond acceptors (Lipinski definition) is 3. The fourth-order valence-corrected chi connectivity index (χ4v) is 2.81. The summed E-state index contributed by atoms with van der Waals surface area (Å²) in [5.41, 5.74) is 3.74. The van der Waals surface area contributed by atoms with Gasteiger partial charge in [0, 0.05) is 6.92 Å². The van der Waals surface area contributed by atoms with Crippen molar-refractivity contribution in [2.24, 2.45) is 4.99 Å². The molecular weight excluding hydrogens is 226 g/mol. The summed E-state index contributed by atoms with van der Waals surface area (Å²) in [5.74, 6) is 0.0450. The quantitative estimate of drug-likeness (QED) is 0.794. The first-order valence-electron chi connectivity index (χ1n) is 6.45. The van der Waals surface area contributed by atoms with Crippen LogP contribution in [0, 0.1) is 0 Å². The number of benzene rings is 1. The largest absolute Gasteiger partial charge is 0.273 e. The Morgan fingerprint density at radius 2 is 2.28 bits per heavy atom. The summed E-state index contributed by atoms with van der Waals surface area (Å²) < 4.78 is 0. The van der Waals surface area contributed by atoms with E-state index in [0.717, 1.165) is 31.6 Å². The Hall–Kier alpha value is -1.84. The number of carbonyl (C=O) groups excluding carboxylic acids is 1. The van der Waals surface area contributed by atoms with Crippen molar-refractivity contribution in [1.82, 2.24) is 5.01 Å². The molecule has 0 radical (unpaired) electrons. The first-order chi connectivity index (χ1) is 8.77. The molecule has 0 atom stereocenters. The van der Waals surface area contributed by atoms with Gasteiger partial charge in [-0.15, -0.1) is 0 Å². The van der Waals surface area contributed by atoms with Crippen molar-refractivity contribution in [3.8, 4) is 0 Å². The van der Waals surface area contributed by atoms with Crippen LogP contribution in [0.4, 0.5) is 5.69 Å². The van der Waals surface area contributed by atoms with E-state index in [1.54, 1.807) is 18.3 Å². The van der Waals surface area contributed by atoms with Gasteiger partial charge < -0.3 is 0 Å². The van der Waals surface area contributed by atoms with E-state index in [1.807, 2.05) is 17.1 Å². The zero-order valence-corrected chi connectivity index (χ0v) is 10.6. The van der Waals surface area contributed by atoms with Crippen molar-refractivity contribution in [3.63, 3.8) is 0 Å². The molecule has 4 nitrogen and oxygen atoms in total. The molecule has 1 aromatic carbocycles. The number of amides is 1. The average Bonchev–Trinajstić information content (AvgIpc) is 2.98. The maximum Gasteiger partial charge on any atom is 0.242 e. The predicted octanol–water partition coefficient (Wildman–Crippen LogP) is 1.79. The third kappa shape index (κ3) is 1.78. The highest BCUT2D eigenvalue weighted by atomic mass is 16.2. The Balaban J connectivity index is 2.03. The zero-order chi connectivity index (χ0) is 12.5. The summed E-state index contributed by atoms with van der Waals surface area (Å²) in [6, 6.07) is 6.25. The van der Waals surface area contributed by atoms with E-state index >= 15 is 0 Å². The van der Waals surface area contributed by atoms with Crippen molar-refractivity contribution < 1.29 is 4.79 Å². The predicted molar refractivity (Wildman–Crippen MR) is 71.7 cm³/mol. The van der Waals surface area contributed by atoms with Gasteiger partial charge in [0.25, 0.3) is 0 Å². The third-order valence-electron chi connectivity index (χ3n) is 3.58. The molecule has 2 aliphatic rings. The van der Waals surface area contributed by atoms with Crippen LogP contribution in [0.2, 0.25) is 0 Å². The van der Waals surface area contributed by atoms with Gasteiger partial charge in [0.1, 0.15) is 6.34 Å². The molecule has 1 amide bonds. The maximum atomic E-state index is 12.0. The molecule has 94 valence electrons. The Morgan fingerprint density at radius 1 is 1.39 bits per heavy atom. The minimum Gasteiger partial charge on any atom is -0.273 e. The summed E-state index contributed by atoms with van der Waals surface area (Å²) in [5, 5.41) is 3.68. The van der Waals surface area contributed by atoms with E-state index in [1.165, 1.54) is 17.5 Å². The number of carbonyl (C=O) groups is 1. The summed E-state index contributed by atoms with van der Waals surface area (Å²) in [7, 11) is 0. The third-order valence-corrected chi connectivity index (χ3v) is 3.58. The lowest BCUT2D eigenvalue weighted by Gasteiger charge is -2.31. The van der Waals surface area contributed by atoms with Crippen LogP contribution in [0.25, 0.3) is 0 Å². The van der Waals surface area contributed by atoms with Gasteiger partial charge in [0.05, 0.1) is 18.8 Å². The van der Waals surface area contributed by atoms with E-state index in [9.17, 15) is 4.79 Å². The van der Waals surface area contributed by atoms with Crippen LogP contribution in [0.1, 0.15) is 24.5 Å². The lowest BCUT2D eigenvalue weighted by atomic mass is 10.1. The van der Waals surface area contributed by atoms with Gasteiger partial charge in [0.2, 0.25) is 5.91 Å². The number of rotatable bonds is 2. The number of aliphatic imine (C=N–C) groups is 1. The van der Waals surface area contributed by atoms with Crippen LogP contribution >= 0.6 is 0 Å². The smallest absolute Gasteiger partial charge is 0.242 e. The number of hydrogen-bond donors (Lipinski definition) is 0. The highest BCUT2D eigenvalue weighted by Crippen LogP contribution is 2.32. The van der Waals surface area contributed by atoms with E-state index in [-0.39, 0.29) is 5.91 Å².